The van der Waals surface area contributed by atoms with Crippen LogP contribution in [0.3, 0.4) is 0 Å². The molecule has 4 N–H and O–H groups in total. The lowest BCUT2D eigenvalue weighted by Gasteiger charge is -2.35. The average Bonchev–Trinajstić information content (AvgIpc) is 3.27. The van der Waals surface area contributed by atoms with Crippen LogP contribution in [-0.4, -0.2) is 68.5 Å². The maximum atomic E-state index is 12.8. The molecule has 9 nitrogen and oxygen atoms in total. The van der Waals surface area contributed by atoms with E-state index in [1.165, 1.54) is 0 Å². The number of anilines is 1. The van der Waals surface area contributed by atoms with Gasteiger partial charge in [-0.15, -0.1) is 0 Å². The van der Waals surface area contributed by atoms with Crippen molar-refractivity contribution in [2.45, 2.75) is 6.10 Å². The lowest BCUT2D eigenvalue weighted by molar-refractivity contribution is -0.0111. The molecule has 1 saturated heterocycles. The Labute approximate surface area is 194 Å². The van der Waals surface area contributed by atoms with Crippen LogP contribution in [0.25, 0.3) is 33.4 Å². The zero-order valence-electron chi connectivity index (χ0n) is 17.5. The van der Waals surface area contributed by atoms with Crippen molar-refractivity contribution < 1.29 is 14.6 Å². The molecular weight excluding hydrogens is 444 g/mol. The van der Waals surface area contributed by atoms with Crippen molar-refractivity contribution in [1.29, 1.82) is 0 Å². The number of carbonyl (C=O) groups excluding carboxylic acids is 1. The Morgan fingerprint density at radius 3 is 2.70 bits per heavy atom. The third-order valence-electron chi connectivity index (χ3n) is 5.52. The largest absolute Gasteiger partial charge is 0.460 e. The summed E-state index contributed by atoms with van der Waals surface area (Å²) in [5.74, 6) is -0.671. The Morgan fingerprint density at radius 2 is 1.94 bits per heavy atom. The van der Waals surface area contributed by atoms with Gasteiger partial charge in [0.2, 0.25) is 0 Å². The number of esters is 1. The van der Waals surface area contributed by atoms with E-state index in [-0.39, 0.29) is 24.2 Å². The van der Waals surface area contributed by atoms with E-state index >= 15 is 0 Å². The summed E-state index contributed by atoms with van der Waals surface area (Å²) in [4.78, 5) is 23.9. The SMILES string of the molecule is Nc1nc(-c2ccccc2)c(-c2cc(Cl)c3[nH]ncc3c2)nc1C(=O)OCCN1CC(O)C1. The molecular formula is C23H21ClN6O3. The highest BCUT2D eigenvalue weighted by atomic mass is 35.5. The van der Waals surface area contributed by atoms with E-state index in [0.29, 0.717) is 47.1 Å². The van der Waals surface area contributed by atoms with Gasteiger partial charge < -0.3 is 15.6 Å². The fourth-order valence-corrected chi connectivity index (χ4v) is 4.08. The van der Waals surface area contributed by atoms with Crippen LogP contribution in [-0.2, 0) is 4.74 Å². The molecule has 0 aliphatic carbocycles. The van der Waals surface area contributed by atoms with Crippen molar-refractivity contribution in [1.82, 2.24) is 25.1 Å². The van der Waals surface area contributed by atoms with E-state index < -0.39 is 5.97 Å². The third-order valence-corrected chi connectivity index (χ3v) is 5.81. The highest BCUT2D eigenvalue weighted by Crippen LogP contribution is 2.35. The Morgan fingerprint density at radius 1 is 1.18 bits per heavy atom. The highest BCUT2D eigenvalue weighted by Gasteiger charge is 2.25. The first-order chi connectivity index (χ1) is 16.0. The number of fused-ring (bicyclic) bond motifs is 1. The van der Waals surface area contributed by atoms with Crippen molar-refractivity contribution in [2.75, 3.05) is 32.0 Å². The first kappa shape index (κ1) is 21.3. The number of H-pyrrole nitrogens is 1. The topological polar surface area (TPSA) is 130 Å². The van der Waals surface area contributed by atoms with E-state index in [1.807, 2.05) is 41.3 Å². The molecule has 0 unspecified atom stereocenters. The molecule has 0 saturated carbocycles. The molecule has 0 atom stereocenters. The number of rotatable bonds is 6. The standard InChI is InChI=1S/C23H21ClN6O3/c24-17-9-14(8-15-10-26-29-18(15)17)20-19(13-4-2-1-3-5-13)28-22(25)21(27-20)23(32)33-7-6-30-11-16(31)12-30/h1-5,8-10,16,31H,6-7,11-12H2,(H2,25,28)(H,26,29). The summed E-state index contributed by atoms with van der Waals surface area (Å²) in [5, 5.41) is 17.6. The number of nitrogens with zero attached hydrogens (tertiary/aromatic N) is 4. The maximum absolute atomic E-state index is 12.8. The summed E-state index contributed by atoms with van der Waals surface area (Å²) in [6.45, 7) is 1.84. The summed E-state index contributed by atoms with van der Waals surface area (Å²) < 4.78 is 5.38. The first-order valence-electron chi connectivity index (χ1n) is 10.4. The molecule has 168 valence electrons. The van der Waals surface area contributed by atoms with Gasteiger partial charge in [0.1, 0.15) is 6.61 Å². The van der Waals surface area contributed by atoms with Gasteiger partial charge in [-0.2, -0.15) is 5.10 Å². The number of β-amino-alcohol motifs (C(OH)–C–C–N with tert-alkyl or cyclic N) is 1. The number of hydrogen-bond donors (Lipinski definition) is 3. The van der Waals surface area contributed by atoms with Crippen molar-refractivity contribution in [2.24, 2.45) is 0 Å². The number of ether oxygens (including phenoxy) is 1. The number of aliphatic hydroxyl groups excluding tert-OH is 1. The van der Waals surface area contributed by atoms with E-state index in [4.69, 9.17) is 22.1 Å². The quantitative estimate of drug-likeness (QED) is 0.371. The van der Waals surface area contributed by atoms with Gasteiger partial charge in [-0.1, -0.05) is 41.9 Å². The Balaban J connectivity index is 1.52. The van der Waals surface area contributed by atoms with E-state index in [0.717, 1.165) is 10.9 Å². The van der Waals surface area contributed by atoms with Crippen LogP contribution >= 0.6 is 11.6 Å². The van der Waals surface area contributed by atoms with Crippen LogP contribution in [0, 0.1) is 0 Å². The molecule has 0 bridgehead atoms. The molecule has 0 spiro atoms. The van der Waals surface area contributed by atoms with Crippen molar-refractivity contribution >= 4 is 34.3 Å². The normalized spacial score (nSPS) is 14.4. The second kappa shape index (κ2) is 8.78. The summed E-state index contributed by atoms with van der Waals surface area (Å²) in [7, 11) is 0. The zero-order chi connectivity index (χ0) is 22.9. The number of halogens is 1. The van der Waals surface area contributed by atoms with Crippen LogP contribution in [0.4, 0.5) is 5.82 Å². The van der Waals surface area contributed by atoms with Gasteiger partial charge in [0.15, 0.2) is 11.5 Å². The molecule has 3 heterocycles. The van der Waals surface area contributed by atoms with Crippen LogP contribution in [0.5, 0.6) is 0 Å². The van der Waals surface area contributed by atoms with Gasteiger partial charge in [-0.3, -0.25) is 10.00 Å². The monoisotopic (exact) mass is 464 g/mol. The molecule has 0 radical (unpaired) electrons. The minimum atomic E-state index is -0.655. The summed E-state index contributed by atoms with van der Waals surface area (Å²) in [6.07, 6.45) is 1.36. The van der Waals surface area contributed by atoms with E-state index in [9.17, 15) is 9.90 Å². The minimum Gasteiger partial charge on any atom is -0.460 e. The number of nitrogen functional groups attached to an aromatic ring is 1. The van der Waals surface area contributed by atoms with Gasteiger partial charge in [0, 0.05) is 36.1 Å². The maximum Gasteiger partial charge on any atom is 0.360 e. The van der Waals surface area contributed by atoms with Crippen molar-refractivity contribution in [3.8, 4) is 22.5 Å². The Kier molecular flexibility index (Phi) is 5.67. The second-order valence-corrected chi connectivity index (χ2v) is 8.27. The molecule has 2 aromatic carbocycles. The fraction of sp³-hybridized carbons (Fsp3) is 0.217. The number of hydrogen-bond acceptors (Lipinski definition) is 8. The fourth-order valence-electron chi connectivity index (χ4n) is 3.81. The predicted molar refractivity (Wildman–Crippen MR) is 125 cm³/mol. The van der Waals surface area contributed by atoms with Crippen LogP contribution in [0.15, 0.2) is 48.7 Å². The number of nitrogens with one attached hydrogen (secondary N) is 1. The highest BCUT2D eigenvalue weighted by molar-refractivity contribution is 6.35. The summed E-state index contributed by atoms with van der Waals surface area (Å²) >= 11 is 6.45. The molecule has 10 heteroatoms. The summed E-state index contributed by atoms with van der Waals surface area (Å²) in [5.41, 5.74) is 9.24. The lowest BCUT2D eigenvalue weighted by Crippen LogP contribution is -2.51. The van der Waals surface area contributed by atoms with Gasteiger partial charge in [-0.05, 0) is 12.1 Å². The van der Waals surface area contributed by atoms with Gasteiger partial charge >= 0.3 is 5.97 Å². The molecule has 1 fully saturated rings. The molecule has 5 rings (SSSR count). The van der Waals surface area contributed by atoms with Crippen LogP contribution in [0.1, 0.15) is 10.5 Å². The van der Waals surface area contributed by atoms with Crippen LogP contribution < -0.4 is 5.73 Å². The lowest BCUT2D eigenvalue weighted by atomic mass is 10.0. The number of benzene rings is 2. The number of likely N-dealkylation sites (tertiary alicyclic amines) is 1. The molecule has 1 aliphatic heterocycles. The van der Waals surface area contributed by atoms with Gasteiger partial charge in [0.25, 0.3) is 0 Å². The van der Waals surface area contributed by atoms with Crippen molar-refractivity contribution in [3.05, 3.63) is 59.4 Å². The van der Waals surface area contributed by atoms with Crippen molar-refractivity contribution in [3.63, 3.8) is 0 Å². The Bertz CT molecular complexity index is 1320. The number of aromatic nitrogens is 4. The number of nitrogens with two attached hydrogens (primary N) is 1. The van der Waals surface area contributed by atoms with Gasteiger partial charge in [-0.25, -0.2) is 14.8 Å². The molecule has 33 heavy (non-hydrogen) atoms. The summed E-state index contributed by atoms with van der Waals surface area (Å²) in [6, 6.07) is 13.1. The van der Waals surface area contributed by atoms with Gasteiger partial charge in [0.05, 0.1) is 34.2 Å². The molecule has 1 aliphatic rings. The van der Waals surface area contributed by atoms with E-state index in [2.05, 4.69) is 20.2 Å². The van der Waals surface area contributed by atoms with Crippen LogP contribution in [0.2, 0.25) is 5.02 Å². The second-order valence-electron chi connectivity index (χ2n) is 7.86. The predicted octanol–water partition coefficient (Wildman–Crippen LogP) is 2.76. The zero-order valence-corrected chi connectivity index (χ0v) is 18.3. The number of aliphatic hydroxyl groups is 1. The Hall–Kier alpha value is -3.53. The first-order valence-corrected chi connectivity index (χ1v) is 10.8. The van der Waals surface area contributed by atoms with E-state index in [1.54, 1.807) is 12.3 Å². The molecule has 4 aromatic rings. The number of aromatic amines is 1. The minimum absolute atomic E-state index is 0.0162. The average molecular weight is 465 g/mol. The smallest absolute Gasteiger partial charge is 0.360 e. The molecule has 0 amide bonds. The molecule has 2 aromatic heterocycles. The number of carbonyl (C=O) groups is 1. The third kappa shape index (κ3) is 4.25.